The number of nitrogens with one attached hydrogen (secondary N) is 1. The Bertz CT molecular complexity index is 2850. The average Bonchev–Trinajstić information content (AvgIpc) is 4.32. The highest BCUT2D eigenvalue weighted by molar-refractivity contribution is 9.09. The van der Waals surface area contributed by atoms with Crippen molar-refractivity contribution in [3.8, 4) is 0 Å². The van der Waals surface area contributed by atoms with Crippen molar-refractivity contribution in [2.75, 3.05) is 52.6 Å². The molecule has 0 amide bonds. The molecule has 6 heterocycles. The molecular formula is C72H103BrF2N4O8. The second-order valence-corrected chi connectivity index (χ2v) is 29.7. The number of fused-ring (bicyclic) bond motifs is 2. The number of nitrogens with zero attached hydrogens (tertiary/aromatic N) is 3. The smallest absolute Gasteiger partial charge is 0.328 e. The molecule has 6 atom stereocenters. The standard InChI is InChI=1S/C36H51FN2O4.C19H30N2O.C17H22BrFO3/c1-35(2,3)43-34(40)33(30-22-26(37)13-15-29(30)32-11-7-9-21-42-32)39-19-17-28(24-39)41-20-8-6-10-27-14-12-25-16-18-36(4,5)23-31(25)38-27;1-19(2)10-8-15-6-7-16(21-18(15)13-19)5-3-4-12-22-17-9-11-20-14-17;1-17(2,3)22-16(20)15(18)13-10-11(19)7-8-12(13)14-6-4-5-9-21-14/h12-15,22,28,32-33H,6-11,16-21,23-24H2,1-5H3;6-7,17,20H,3-5,8-14H2,1-2H3;7-8,10,14-15H,4-6,9H2,1-3H3/t28-,32+,33?;17-;14-,15?/m110/s1. The lowest BCUT2D eigenvalue weighted by molar-refractivity contribution is -0.161. The van der Waals surface area contributed by atoms with Crippen molar-refractivity contribution >= 4 is 27.9 Å². The largest absolute Gasteiger partial charge is 0.459 e. The average molecular weight is 1270 g/mol. The van der Waals surface area contributed by atoms with E-state index in [1.807, 2.05) is 20.8 Å². The molecule has 87 heavy (non-hydrogen) atoms. The van der Waals surface area contributed by atoms with Crippen LogP contribution in [0.4, 0.5) is 8.78 Å². The Morgan fingerprint density at radius 3 is 1.66 bits per heavy atom. The van der Waals surface area contributed by atoms with Crippen molar-refractivity contribution in [1.29, 1.82) is 0 Å². The molecule has 1 N–H and O–H groups in total. The van der Waals surface area contributed by atoms with Gasteiger partial charge in [-0.25, -0.2) is 13.6 Å². The van der Waals surface area contributed by atoms with Crippen LogP contribution in [-0.4, -0.2) is 103 Å². The second-order valence-electron chi connectivity index (χ2n) is 28.8. The van der Waals surface area contributed by atoms with E-state index in [4.69, 9.17) is 38.4 Å². The van der Waals surface area contributed by atoms with Crippen LogP contribution in [0.5, 0.6) is 0 Å². The minimum atomic E-state index is -0.706. The van der Waals surface area contributed by atoms with Gasteiger partial charge in [-0.1, -0.05) is 67.9 Å². The summed E-state index contributed by atoms with van der Waals surface area (Å²) in [4.78, 5) is 37.3. The van der Waals surface area contributed by atoms with Crippen molar-refractivity contribution in [3.63, 3.8) is 0 Å². The van der Waals surface area contributed by atoms with Gasteiger partial charge >= 0.3 is 11.9 Å². The summed E-state index contributed by atoms with van der Waals surface area (Å²) in [5.41, 5.74) is 10.5. The van der Waals surface area contributed by atoms with Crippen LogP contribution in [0.3, 0.4) is 0 Å². The normalized spacial score (nSPS) is 22.5. The Morgan fingerprint density at radius 1 is 0.655 bits per heavy atom. The van der Waals surface area contributed by atoms with Crippen molar-refractivity contribution in [2.45, 2.75) is 244 Å². The fourth-order valence-electron chi connectivity index (χ4n) is 12.8. The number of carbonyl (C=O) groups excluding carboxylic acids is 2. The van der Waals surface area contributed by atoms with Crippen LogP contribution in [0.25, 0.3) is 0 Å². The third-order valence-electron chi connectivity index (χ3n) is 17.6. The maximum atomic E-state index is 14.7. The van der Waals surface area contributed by atoms with E-state index in [0.717, 1.165) is 127 Å². The molecule has 0 radical (unpaired) electrons. The molecule has 2 aromatic heterocycles. The number of aromatic nitrogens is 2. The molecule has 12 nitrogen and oxygen atoms in total. The fourth-order valence-corrected chi connectivity index (χ4v) is 13.3. The number of hydrogen-bond donors (Lipinski definition) is 1. The Morgan fingerprint density at radius 2 is 1.16 bits per heavy atom. The minimum absolute atomic E-state index is 0.0250. The summed E-state index contributed by atoms with van der Waals surface area (Å²) < 4.78 is 63.7. The van der Waals surface area contributed by atoms with Gasteiger partial charge in [-0.2, -0.15) is 0 Å². The van der Waals surface area contributed by atoms with Crippen molar-refractivity contribution < 1.29 is 46.8 Å². The molecule has 4 aliphatic heterocycles. The second kappa shape index (κ2) is 31.7. The van der Waals surface area contributed by atoms with Crippen LogP contribution in [-0.2, 0) is 76.5 Å². The van der Waals surface area contributed by atoms with Gasteiger partial charge in [-0.05, 0) is 257 Å². The molecule has 10 rings (SSSR count). The zero-order chi connectivity index (χ0) is 62.4. The highest BCUT2D eigenvalue weighted by atomic mass is 79.9. The fraction of sp³-hybridized carbons (Fsp3) is 0.667. The van der Waals surface area contributed by atoms with E-state index in [2.05, 4.69) is 78.1 Å². The first-order chi connectivity index (χ1) is 41.4. The van der Waals surface area contributed by atoms with Crippen molar-refractivity contribution in [1.82, 2.24) is 20.2 Å². The van der Waals surface area contributed by atoms with Gasteiger partial charge in [0.15, 0.2) is 0 Å². The molecular weight excluding hydrogens is 1170 g/mol. The van der Waals surface area contributed by atoms with Crippen LogP contribution < -0.4 is 5.32 Å². The van der Waals surface area contributed by atoms with Gasteiger partial charge in [0.05, 0.1) is 24.4 Å². The summed E-state index contributed by atoms with van der Waals surface area (Å²) in [7, 11) is 0. The molecule has 4 saturated heterocycles. The Kier molecular flexibility index (Phi) is 25.0. The number of hydrogen-bond acceptors (Lipinski definition) is 12. The first kappa shape index (κ1) is 68.7. The molecule has 4 fully saturated rings. The topological polar surface area (TPSA) is 131 Å². The number of ether oxygens (including phenoxy) is 6. The van der Waals surface area contributed by atoms with Gasteiger partial charge in [-0.15, -0.1) is 0 Å². The molecule has 4 aromatic rings. The number of unbranched alkanes of at least 4 members (excludes halogenated alkanes) is 2. The molecule has 2 aliphatic carbocycles. The van der Waals surface area contributed by atoms with Gasteiger partial charge in [0.2, 0.25) is 0 Å². The summed E-state index contributed by atoms with van der Waals surface area (Å²) in [5.74, 6) is -1.50. The predicted octanol–water partition coefficient (Wildman–Crippen LogP) is 15.6. The number of aryl methyl sites for hydroxylation is 4. The molecule has 0 saturated carbocycles. The van der Waals surface area contributed by atoms with E-state index in [-0.39, 0.29) is 35.9 Å². The van der Waals surface area contributed by atoms with Crippen LogP contribution in [0, 0.1) is 22.5 Å². The van der Waals surface area contributed by atoms with E-state index in [9.17, 15) is 18.4 Å². The number of benzene rings is 2. The van der Waals surface area contributed by atoms with Crippen molar-refractivity contribution in [2.24, 2.45) is 10.8 Å². The highest BCUT2D eigenvalue weighted by Crippen LogP contribution is 2.41. The Labute approximate surface area is 528 Å². The number of pyridine rings is 2. The molecule has 2 unspecified atom stereocenters. The summed E-state index contributed by atoms with van der Waals surface area (Å²) >= 11 is 3.36. The van der Waals surface area contributed by atoms with Gasteiger partial charge in [0, 0.05) is 68.8 Å². The van der Waals surface area contributed by atoms with Crippen LogP contribution in [0.2, 0.25) is 0 Å². The lowest BCUT2D eigenvalue weighted by Gasteiger charge is -2.33. The first-order valence-corrected chi connectivity index (χ1v) is 33.8. The number of esters is 2. The van der Waals surface area contributed by atoms with Crippen LogP contribution >= 0.6 is 15.9 Å². The SMILES string of the molecule is CC(C)(C)OC(=O)C(Br)c1cc(F)ccc1[C@@H]1CCCCO1.CC1(C)CCc2ccc(CCCCO[C@@H]3CCN(C(C(=O)OC(C)(C)C)c4cc(F)ccc4[C@@H]4CCCCO4)C3)nc2C1.CC1(C)CCc2ccc(CCCCO[C@@H]3CCNC3)nc2C1. The number of halogens is 3. The van der Waals surface area contributed by atoms with Gasteiger partial charge < -0.3 is 33.7 Å². The summed E-state index contributed by atoms with van der Waals surface area (Å²) in [6.45, 7) is 26.8. The number of likely N-dealkylation sites (tertiary alicyclic amines) is 1. The minimum Gasteiger partial charge on any atom is -0.459 e. The van der Waals surface area contributed by atoms with Gasteiger partial charge in [0.25, 0.3) is 0 Å². The molecule has 0 bridgehead atoms. The van der Waals surface area contributed by atoms with E-state index in [1.165, 1.54) is 90.3 Å². The molecule has 15 heteroatoms. The van der Waals surface area contributed by atoms with E-state index >= 15 is 0 Å². The lowest BCUT2D eigenvalue weighted by atomic mass is 9.76. The highest BCUT2D eigenvalue weighted by Gasteiger charge is 2.40. The lowest BCUT2D eigenvalue weighted by Crippen LogP contribution is -2.38. The number of rotatable bonds is 19. The molecule has 6 aliphatic rings. The monoisotopic (exact) mass is 1270 g/mol. The van der Waals surface area contributed by atoms with Crippen molar-refractivity contribution in [3.05, 3.63) is 128 Å². The third kappa shape index (κ3) is 21.4. The van der Waals surface area contributed by atoms with Crippen LogP contribution in [0.1, 0.15) is 238 Å². The zero-order valence-electron chi connectivity index (χ0n) is 54.3. The summed E-state index contributed by atoms with van der Waals surface area (Å²) in [6, 6.07) is 17.6. The summed E-state index contributed by atoms with van der Waals surface area (Å²) in [6.07, 6.45) is 21.6. The van der Waals surface area contributed by atoms with E-state index < -0.39 is 28.0 Å². The molecule has 480 valence electrons. The first-order valence-electron chi connectivity index (χ1n) is 32.9. The Hall–Kier alpha value is -4.22. The van der Waals surface area contributed by atoms with E-state index in [1.54, 1.807) is 32.9 Å². The Balaban J connectivity index is 0.000000187. The van der Waals surface area contributed by atoms with Gasteiger partial charge in [-0.3, -0.25) is 19.7 Å². The number of alkyl halides is 1. The molecule has 0 spiro atoms. The quantitative estimate of drug-likeness (QED) is 0.0545. The van der Waals surface area contributed by atoms with Gasteiger partial charge in [0.1, 0.15) is 33.7 Å². The predicted molar refractivity (Wildman–Crippen MR) is 343 cm³/mol. The summed E-state index contributed by atoms with van der Waals surface area (Å²) in [5, 5.41) is 3.34. The van der Waals surface area contributed by atoms with E-state index in [0.29, 0.717) is 61.0 Å². The maximum Gasteiger partial charge on any atom is 0.328 e. The van der Waals surface area contributed by atoms with Crippen LogP contribution in [0.15, 0.2) is 60.7 Å². The number of carbonyl (C=O) groups is 2. The zero-order valence-corrected chi connectivity index (χ0v) is 55.9. The molecule has 2 aromatic carbocycles. The third-order valence-corrected chi connectivity index (χ3v) is 18.4. The maximum absolute atomic E-state index is 14.7.